The van der Waals surface area contributed by atoms with Crippen molar-refractivity contribution in [3.05, 3.63) is 65.0 Å². The smallest absolute Gasteiger partial charge is 0.134 e. The summed E-state index contributed by atoms with van der Waals surface area (Å²) in [6, 6.07) is 7.63. The molecule has 0 radical (unpaired) electrons. The summed E-state index contributed by atoms with van der Waals surface area (Å²) in [5, 5.41) is 2.86. The van der Waals surface area contributed by atoms with E-state index in [1.165, 1.54) is 19.2 Å². The highest BCUT2D eigenvalue weighted by atomic mass is 19.1. The van der Waals surface area contributed by atoms with E-state index in [9.17, 15) is 13.2 Å². The maximum atomic E-state index is 14.1. The van der Waals surface area contributed by atoms with E-state index in [1.54, 1.807) is 19.2 Å². The number of halogens is 3. The van der Waals surface area contributed by atoms with Crippen molar-refractivity contribution in [1.29, 1.82) is 0 Å². The average molecular weight is 295 g/mol. The summed E-state index contributed by atoms with van der Waals surface area (Å²) in [4.78, 5) is 0. The molecule has 0 amide bonds. The topological polar surface area (TPSA) is 21.3 Å². The van der Waals surface area contributed by atoms with Crippen LogP contribution in [0.25, 0.3) is 0 Å². The van der Waals surface area contributed by atoms with Gasteiger partial charge in [0.1, 0.15) is 23.2 Å². The van der Waals surface area contributed by atoms with Crippen LogP contribution >= 0.6 is 0 Å². The molecule has 0 bridgehead atoms. The van der Waals surface area contributed by atoms with Gasteiger partial charge >= 0.3 is 0 Å². The standard InChI is InChI=1S/C16H16F3NO/c1-20-15(7-10-4-3-5-11(17)6-10)16-13(18)8-12(21-2)9-14(16)19/h3-6,8-9,15,20H,7H2,1-2H3. The van der Waals surface area contributed by atoms with Crippen molar-refractivity contribution < 1.29 is 17.9 Å². The molecule has 0 aliphatic rings. The molecule has 2 rings (SSSR count). The number of benzene rings is 2. The van der Waals surface area contributed by atoms with Gasteiger partial charge in [-0.05, 0) is 31.2 Å². The zero-order chi connectivity index (χ0) is 15.4. The number of rotatable bonds is 5. The maximum Gasteiger partial charge on any atom is 0.134 e. The maximum absolute atomic E-state index is 14.1. The summed E-state index contributed by atoms with van der Waals surface area (Å²) in [5.74, 6) is -1.64. The quantitative estimate of drug-likeness (QED) is 0.909. The van der Waals surface area contributed by atoms with Gasteiger partial charge in [-0.15, -0.1) is 0 Å². The predicted octanol–water partition coefficient (Wildman–Crippen LogP) is 3.62. The second-order valence-electron chi connectivity index (χ2n) is 4.68. The van der Waals surface area contributed by atoms with E-state index in [0.717, 1.165) is 12.1 Å². The van der Waals surface area contributed by atoms with Crippen molar-refractivity contribution in [3.8, 4) is 5.75 Å². The van der Waals surface area contributed by atoms with Gasteiger partial charge in [0.15, 0.2) is 0 Å². The van der Waals surface area contributed by atoms with Gasteiger partial charge in [-0.2, -0.15) is 0 Å². The van der Waals surface area contributed by atoms with Gasteiger partial charge in [0.05, 0.1) is 7.11 Å². The second kappa shape index (κ2) is 6.63. The Morgan fingerprint density at radius 3 is 2.29 bits per heavy atom. The first kappa shape index (κ1) is 15.4. The van der Waals surface area contributed by atoms with Crippen molar-refractivity contribution >= 4 is 0 Å². The molecule has 0 aromatic heterocycles. The van der Waals surface area contributed by atoms with Crippen LogP contribution in [-0.4, -0.2) is 14.2 Å². The molecule has 21 heavy (non-hydrogen) atoms. The highest BCUT2D eigenvalue weighted by Crippen LogP contribution is 2.27. The molecule has 0 fully saturated rings. The number of ether oxygens (including phenoxy) is 1. The van der Waals surface area contributed by atoms with Crippen LogP contribution in [-0.2, 0) is 6.42 Å². The van der Waals surface area contributed by atoms with E-state index in [-0.39, 0.29) is 23.6 Å². The first-order valence-electron chi connectivity index (χ1n) is 6.49. The van der Waals surface area contributed by atoms with E-state index in [1.807, 2.05) is 0 Å². The zero-order valence-corrected chi connectivity index (χ0v) is 11.8. The molecule has 0 heterocycles. The van der Waals surface area contributed by atoms with Gasteiger partial charge in [0, 0.05) is 23.7 Å². The Bertz CT molecular complexity index is 608. The Hall–Kier alpha value is -2.01. The Morgan fingerprint density at radius 1 is 1.10 bits per heavy atom. The van der Waals surface area contributed by atoms with Crippen molar-refractivity contribution in [3.63, 3.8) is 0 Å². The largest absolute Gasteiger partial charge is 0.497 e. The van der Waals surface area contributed by atoms with Gasteiger partial charge in [-0.25, -0.2) is 13.2 Å². The van der Waals surface area contributed by atoms with Gasteiger partial charge in [0.25, 0.3) is 0 Å². The molecule has 1 N–H and O–H groups in total. The summed E-state index contributed by atoms with van der Waals surface area (Å²) >= 11 is 0. The van der Waals surface area contributed by atoms with Crippen LogP contribution in [0.15, 0.2) is 36.4 Å². The average Bonchev–Trinajstić information content (AvgIpc) is 2.45. The van der Waals surface area contributed by atoms with Crippen LogP contribution in [0.1, 0.15) is 17.2 Å². The van der Waals surface area contributed by atoms with Crippen molar-refractivity contribution in [2.24, 2.45) is 0 Å². The molecule has 112 valence electrons. The van der Waals surface area contributed by atoms with E-state index in [2.05, 4.69) is 5.32 Å². The number of methoxy groups -OCH3 is 1. The molecule has 1 unspecified atom stereocenters. The minimum absolute atomic E-state index is 0.0810. The van der Waals surface area contributed by atoms with Gasteiger partial charge in [-0.3, -0.25) is 0 Å². The lowest BCUT2D eigenvalue weighted by Gasteiger charge is -2.19. The molecule has 2 nitrogen and oxygen atoms in total. The van der Waals surface area contributed by atoms with E-state index < -0.39 is 17.7 Å². The Kier molecular flexibility index (Phi) is 4.85. The molecule has 0 aliphatic carbocycles. The SMILES string of the molecule is CNC(Cc1cccc(F)c1)c1c(F)cc(OC)cc1F. The third-order valence-electron chi connectivity index (χ3n) is 3.31. The molecule has 5 heteroatoms. The highest BCUT2D eigenvalue weighted by molar-refractivity contribution is 5.33. The first-order chi connectivity index (χ1) is 10.0. The molecular formula is C16H16F3NO. The summed E-state index contributed by atoms with van der Waals surface area (Å²) in [7, 11) is 2.95. The number of likely N-dealkylation sites (N-methyl/N-ethyl adjacent to an activating group) is 1. The van der Waals surface area contributed by atoms with Crippen LogP contribution < -0.4 is 10.1 Å². The number of nitrogens with one attached hydrogen (secondary N) is 1. The Labute approximate surface area is 121 Å². The minimum Gasteiger partial charge on any atom is -0.497 e. The second-order valence-corrected chi connectivity index (χ2v) is 4.68. The molecule has 0 saturated heterocycles. The van der Waals surface area contributed by atoms with Crippen LogP contribution in [0.3, 0.4) is 0 Å². The third-order valence-corrected chi connectivity index (χ3v) is 3.31. The Balaban J connectivity index is 2.33. The summed E-state index contributed by atoms with van der Waals surface area (Å²) < 4.78 is 46.2. The summed E-state index contributed by atoms with van der Waals surface area (Å²) in [5.41, 5.74) is 0.575. The molecule has 0 aliphatic heterocycles. The van der Waals surface area contributed by atoms with Crippen LogP contribution in [0.2, 0.25) is 0 Å². The van der Waals surface area contributed by atoms with Crippen LogP contribution in [0, 0.1) is 17.5 Å². The van der Waals surface area contributed by atoms with Crippen LogP contribution in [0.4, 0.5) is 13.2 Å². The lowest BCUT2D eigenvalue weighted by atomic mass is 9.97. The van der Waals surface area contributed by atoms with Gasteiger partial charge in [0.2, 0.25) is 0 Å². The predicted molar refractivity (Wildman–Crippen MR) is 74.8 cm³/mol. The fourth-order valence-corrected chi connectivity index (χ4v) is 2.26. The van der Waals surface area contributed by atoms with Crippen molar-refractivity contribution in [1.82, 2.24) is 5.32 Å². The van der Waals surface area contributed by atoms with Crippen molar-refractivity contribution in [2.45, 2.75) is 12.5 Å². The molecule has 1 atom stereocenters. The van der Waals surface area contributed by atoms with E-state index in [0.29, 0.717) is 5.56 Å². The molecule has 0 saturated carbocycles. The normalized spacial score (nSPS) is 12.2. The summed E-state index contributed by atoms with van der Waals surface area (Å²) in [6.07, 6.45) is 0.272. The minimum atomic E-state index is -0.692. The van der Waals surface area contributed by atoms with E-state index >= 15 is 0 Å². The van der Waals surface area contributed by atoms with Crippen molar-refractivity contribution in [2.75, 3.05) is 14.2 Å². The Morgan fingerprint density at radius 2 is 1.76 bits per heavy atom. The number of hydrogen-bond donors (Lipinski definition) is 1. The highest BCUT2D eigenvalue weighted by Gasteiger charge is 2.20. The molecule has 2 aromatic carbocycles. The number of hydrogen-bond acceptors (Lipinski definition) is 2. The van der Waals surface area contributed by atoms with Crippen LogP contribution in [0.5, 0.6) is 5.75 Å². The fourth-order valence-electron chi connectivity index (χ4n) is 2.26. The third kappa shape index (κ3) is 3.55. The van der Waals surface area contributed by atoms with Gasteiger partial charge < -0.3 is 10.1 Å². The van der Waals surface area contributed by atoms with Gasteiger partial charge in [-0.1, -0.05) is 12.1 Å². The molecule has 0 spiro atoms. The molecular weight excluding hydrogens is 279 g/mol. The summed E-state index contributed by atoms with van der Waals surface area (Å²) in [6.45, 7) is 0. The fraction of sp³-hybridized carbons (Fsp3) is 0.250. The lowest BCUT2D eigenvalue weighted by molar-refractivity contribution is 0.401. The monoisotopic (exact) mass is 295 g/mol. The van der Waals surface area contributed by atoms with E-state index in [4.69, 9.17) is 4.74 Å². The first-order valence-corrected chi connectivity index (χ1v) is 6.49. The molecule has 2 aromatic rings. The lowest BCUT2D eigenvalue weighted by Crippen LogP contribution is -2.21. The zero-order valence-electron chi connectivity index (χ0n) is 11.8.